The van der Waals surface area contributed by atoms with Gasteiger partial charge in [0.25, 0.3) is 10.0 Å². The van der Waals surface area contributed by atoms with Crippen molar-refractivity contribution in [1.29, 1.82) is 0 Å². The Labute approximate surface area is 224 Å². The fourth-order valence-electron chi connectivity index (χ4n) is 5.35. The molecule has 2 N–H and O–H groups in total. The van der Waals surface area contributed by atoms with Crippen molar-refractivity contribution in [1.82, 2.24) is 4.98 Å². The van der Waals surface area contributed by atoms with Crippen molar-refractivity contribution in [3.05, 3.63) is 47.2 Å². The molecule has 0 radical (unpaired) electrons. The highest BCUT2D eigenvalue weighted by Gasteiger charge is 2.37. The number of nitrogens with zero attached hydrogens (tertiary/aromatic N) is 2. The summed E-state index contributed by atoms with van der Waals surface area (Å²) >= 11 is 0. The van der Waals surface area contributed by atoms with Gasteiger partial charge in [-0.15, -0.1) is 0 Å². The highest BCUT2D eigenvalue weighted by atomic mass is 32.2. The number of sulfonamides is 1. The fraction of sp³-hybridized carbons (Fsp3) is 0.500. The average Bonchev–Trinajstić information content (AvgIpc) is 2.85. The molecule has 2 aliphatic rings. The van der Waals surface area contributed by atoms with Gasteiger partial charge in [-0.2, -0.15) is 0 Å². The Bertz CT molecular complexity index is 1300. The van der Waals surface area contributed by atoms with Crippen LogP contribution in [0, 0.1) is 18.8 Å². The third-order valence-corrected chi connectivity index (χ3v) is 8.62. The summed E-state index contributed by atoms with van der Waals surface area (Å²) in [7, 11) is -4.18. The zero-order valence-electron chi connectivity index (χ0n) is 22.1. The molecule has 10 heteroatoms. The molecule has 1 fully saturated rings. The minimum atomic E-state index is -4.18. The van der Waals surface area contributed by atoms with Crippen LogP contribution in [0.5, 0.6) is 11.6 Å². The van der Waals surface area contributed by atoms with E-state index in [1.165, 1.54) is 28.6 Å². The standard InChI is InChI=1S/C28H36N2O7S/c1-18-10-19(2)12-22(11-18)14-21-4-6-25-24(15-21)30(17-23(37-25)5-7-27(32)33)38(34,35)26-13-20(3)16-29-28(26)36-9-8-31/h4,6,13-16,18-19,23,31H,5,7-12,17H2,1-3H3,(H,32,33)/t18-,19+,23-/m0/s1. The number of pyridine rings is 1. The Morgan fingerprint density at radius 1 is 1.24 bits per heavy atom. The van der Waals surface area contributed by atoms with Crippen LogP contribution in [0.25, 0.3) is 6.08 Å². The van der Waals surface area contributed by atoms with Crippen LogP contribution in [-0.2, 0) is 14.8 Å². The lowest BCUT2D eigenvalue weighted by Crippen LogP contribution is -2.44. The number of ether oxygens (including phenoxy) is 2. The second kappa shape index (κ2) is 11.7. The third kappa shape index (κ3) is 6.47. The van der Waals surface area contributed by atoms with Gasteiger partial charge < -0.3 is 19.7 Å². The van der Waals surface area contributed by atoms with E-state index in [0.29, 0.717) is 28.8 Å². The fourth-order valence-corrected chi connectivity index (χ4v) is 7.02. The topological polar surface area (TPSA) is 126 Å². The third-order valence-electron chi connectivity index (χ3n) is 6.84. The maximum atomic E-state index is 14.1. The van der Waals surface area contributed by atoms with Crippen molar-refractivity contribution in [2.75, 3.05) is 24.1 Å². The number of aliphatic hydroxyl groups is 1. The molecule has 1 aromatic carbocycles. The highest BCUT2D eigenvalue weighted by molar-refractivity contribution is 7.93. The van der Waals surface area contributed by atoms with Crippen LogP contribution in [0.3, 0.4) is 0 Å². The van der Waals surface area contributed by atoms with Crippen LogP contribution in [0.4, 0.5) is 5.69 Å². The molecule has 1 saturated carbocycles. The van der Waals surface area contributed by atoms with Gasteiger partial charge in [-0.3, -0.25) is 9.10 Å². The Hall–Kier alpha value is -3.11. The number of rotatable bonds is 9. The first-order chi connectivity index (χ1) is 18.1. The van der Waals surface area contributed by atoms with E-state index in [0.717, 1.165) is 18.4 Å². The predicted molar refractivity (Wildman–Crippen MR) is 144 cm³/mol. The molecule has 0 amide bonds. The molecule has 9 nitrogen and oxygen atoms in total. The number of aryl methyl sites for hydroxylation is 1. The van der Waals surface area contributed by atoms with E-state index < -0.39 is 22.1 Å². The summed E-state index contributed by atoms with van der Waals surface area (Å²) in [6.07, 6.45) is 6.23. The zero-order chi connectivity index (χ0) is 27.4. The summed E-state index contributed by atoms with van der Waals surface area (Å²) in [6, 6.07) is 6.97. The molecule has 3 atom stereocenters. The second-order valence-corrected chi connectivity index (χ2v) is 12.3. The summed E-state index contributed by atoms with van der Waals surface area (Å²) in [5.74, 6) is 0.506. The van der Waals surface area contributed by atoms with E-state index in [2.05, 4.69) is 24.9 Å². The van der Waals surface area contributed by atoms with Crippen molar-refractivity contribution in [3.63, 3.8) is 0 Å². The summed E-state index contributed by atoms with van der Waals surface area (Å²) in [5.41, 5.74) is 3.24. The number of hydrogen-bond acceptors (Lipinski definition) is 7. The summed E-state index contributed by atoms with van der Waals surface area (Å²) in [6.45, 7) is 5.80. The molecule has 1 aliphatic carbocycles. The number of anilines is 1. The molecule has 1 aliphatic heterocycles. The molecular formula is C28H36N2O7S. The number of aromatic nitrogens is 1. The van der Waals surface area contributed by atoms with Crippen molar-refractivity contribution in [2.24, 2.45) is 11.8 Å². The summed E-state index contributed by atoms with van der Waals surface area (Å²) in [5, 5.41) is 18.4. The van der Waals surface area contributed by atoms with E-state index in [-0.39, 0.29) is 43.4 Å². The molecule has 0 bridgehead atoms. The summed E-state index contributed by atoms with van der Waals surface area (Å²) < 4.78 is 41.0. The molecule has 2 aromatic rings. The van der Waals surface area contributed by atoms with Gasteiger partial charge in [-0.25, -0.2) is 13.4 Å². The number of aliphatic carboxylic acids is 1. The largest absolute Gasteiger partial charge is 0.486 e. The monoisotopic (exact) mass is 544 g/mol. The molecule has 0 unspecified atom stereocenters. The van der Waals surface area contributed by atoms with Gasteiger partial charge in [-0.1, -0.05) is 31.6 Å². The number of fused-ring (bicyclic) bond motifs is 1. The highest BCUT2D eigenvalue weighted by Crippen LogP contribution is 2.41. The number of benzene rings is 1. The van der Waals surface area contributed by atoms with Crippen molar-refractivity contribution in [2.45, 2.75) is 63.9 Å². The van der Waals surface area contributed by atoms with E-state index >= 15 is 0 Å². The van der Waals surface area contributed by atoms with Gasteiger partial charge in [0, 0.05) is 12.6 Å². The van der Waals surface area contributed by atoms with E-state index in [9.17, 15) is 23.4 Å². The molecular weight excluding hydrogens is 508 g/mol. The maximum Gasteiger partial charge on any atom is 0.303 e. The quantitative estimate of drug-likeness (QED) is 0.475. The van der Waals surface area contributed by atoms with Gasteiger partial charge in [0.1, 0.15) is 23.4 Å². The number of allylic oxidation sites excluding steroid dienone is 1. The maximum absolute atomic E-state index is 14.1. The number of carboxylic acid groups (broad SMARTS) is 1. The van der Waals surface area contributed by atoms with Crippen LogP contribution in [0.2, 0.25) is 0 Å². The van der Waals surface area contributed by atoms with Crippen molar-refractivity contribution >= 4 is 27.8 Å². The van der Waals surface area contributed by atoms with Crippen molar-refractivity contribution in [3.8, 4) is 11.6 Å². The van der Waals surface area contributed by atoms with Gasteiger partial charge in [0.15, 0.2) is 0 Å². The average molecular weight is 545 g/mol. The number of carbonyl (C=O) groups is 1. The SMILES string of the molecule is Cc1cnc(OCCO)c(S(=O)(=O)N2C[C@H](CCC(=O)O)Oc3ccc(C=C4C[C@@H](C)C[C@@H](C)C4)cc32)c1. The van der Waals surface area contributed by atoms with Crippen LogP contribution in [0.15, 0.2) is 40.9 Å². The predicted octanol–water partition coefficient (Wildman–Crippen LogP) is 4.42. The van der Waals surface area contributed by atoms with E-state index in [1.807, 2.05) is 12.1 Å². The first kappa shape index (κ1) is 27.9. The molecule has 4 rings (SSSR count). The minimum absolute atomic E-state index is 0.0515. The van der Waals surface area contributed by atoms with Gasteiger partial charge in [0.2, 0.25) is 5.88 Å². The number of aliphatic hydroxyl groups excluding tert-OH is 1. The van der Waals surface area contributed by atoms with Crippen LogP contribution in [0.1, 0.15) is 57.1 Å². The second-order valence-electron chi connectivity index (χ2n) is 10.5. The normalized spacial score (nSPS) is 22.6. The Balaban J connectivity index is 1.77. The lowest BCUT2D eigenvalue weighted by molar-refractivity contribution is -0.137. The Morgan fingerprint density at radius 2 is 1.97 bits per heavy atom. The van der Waals surface area contributed by atoms with Gasteiger partial charge >= 0.3 is 5.97 Å². The molecule has 0 saturated heterocycles. The smallest absolute Gasteiger partial charge is 0.303 e. The lowest BCUT2D eigenvalue weighted by Gasteiger charge is -2.36. The number of carboxylic acids is 1. The molecule has 0 spiro atoms. The van der Waals surface area contributed by atoms with Crippen LogP contribution in [-0.4, -0.2) is 55.4 Å². The zero-order valence-corrected chi connectivity index (χ0v) is 22.9. The molecule has 206 valence electrons. The Kier molecular flexibility index (Phi) is 8.62. The Morgan fingerprint density at radius 3 is 2.66 bits per heavy atom. The minimum Gasteiger partial charge on any atom is -0.486 e. The van der Waals surface area contributed by atoms with E-state index in [1.54, 1.807) is 13.0 Å². The van der Waals surface area contributed by atoms with Gasteiger partial charge in [0.05, 0.1) is 18.8 Å². The first-order valence-electron chi connectivity index (χ1n) is 13.0. The van der Waals surface area contributed by atoms with Crippen LogP contribution >= 0.6 is 0 Å². The molecule has 1 aromatic heterocycles. The summed E-state index contributed by atoms with van der Waals surface area (Å²) in [4.78, 5) is 15.3. The van der Waals surface area contributed by atoms with Crippen molar-refractivity contribution < 1.29 is 32.9 Å². The van der Waals surface area contributed by atoms with E-state index in [4.69, 9.17) is 9.47 Å². The van der Waals surface area contributed by atoms with Gasteiger partial charge in [-0.05, 0) is 73.8 Å². The van der Waals surface area contributed by atoms with Crippen LogP contribution < -0.4 is 13.8 Å². The molecule has 2 heterocycles. The number of hydrogen-bond donors (Lipinski definition) is 2. The first-order valence-corrected chi connectivity index (χ1v) is 14.5. The molecule has 38 heavy (non-hydrogen) atoms. The lowest BCUT2D eigenvalue weighted by atomic mass is 9.80.